The average molecular weight is 421 g/mol. The van der Waals surface area contributed by atoms with Crippen LogP contribution in [-0.4, -0.2) is 40.6 Å². The number of benzene rings is 2. The van der Waals surface area contributed by atoms with Gasteiger partial charge in [0.25, 0.3) is 0 Å². The van der Waals surface area contributed by atoms with Crippen molar-refractivity contribution < 1.29 is 14.3 Å². The average Bonchev–Trinajstić information content (AvgIpc) is 3.40. The molecule has 7 nitrogen and oxygen atoms in total. The number of rotatable bonds is 7. The zero-order chi connectivity index (χ0) is 21.8. The number of amides is 2. The molecule has 1 saturated heterocycles. The smallest absolute Gasteiger partial charge is 0.249 e. The van der Waals surface area contributed by atoms with Crippen molar-refractivity contribution in [2.45, 2.75) is 45.8 Å². The van der Waals surface area contributed by atoms with E-state index < -0.39 is 0 Å². The molecular formula is C24H28N4O3. The van der Waals surface area contributed by atoms with Gasteiger partial charge in [-0.3, -0.25) is 9.59 Å². The van der Waals surface area contributed by atoms with Gasteiger partial charge >= 0.3 is 0 Å². The molecule has 0 radical (unpaired) electrons. The molecule has 162 valence electrons. The number of anilines is 1. The number of ether oxygens (including phenoxy) is 1. The highest BCUT2D eigenvalue weighted by atomic mass is 16.5. The maximum atomic E-state index is 12.8. The normalized spacial score (nSPS) is 15.9. The van der Waals surface area contributed by atoms with E-state index in [2.05, 4.69) is 10.6 Å². The van der Waals surface area contributed by atoms with Crippen molar-refractivity contribution in [2.75, 3.05) is 18.5 Å². The monoisotopic (exact) mass is 420 g/mol. The molecular weight excluding hydrogens is 392 g/mol. The minimum atomic E-state index is -0.345. The van der Waals surface area contributed by atoms with Crippen LogP contribution < -0.4 is 10.6 Å². The highest BCUT2D eigenvalue weighted by Gasteiger charge is 2.23. The Morgan fingerprint density at radius 2 is 2.00 bits per heavy atom. The van der Waals surface area contributed by atoms with Crippen LogP contribution in [0.15, 0.2) is 42.5 Å². The van der Waals surface area contributed by atoms with Crippen molar-refractivity contribution in [2.24, 2.45) is 0 Å². The Kier molecular flexibility index (Phi) is 6.32. The Labute approximate surface area is 181 Å². The molecule has 0 spiro atoms. The lowest BCUT2D eigenvalue weighted by molar-refractivity contribution is -0.130. The van der Waals surface area contributed by atoms with Crippen molar-refractivity contribution in [1.29, 1.82) is 0 Å². The molecule has 2 N–H and O–H groups in total. The van der Waals surface area contributed by atoms with Crippen LogP contribution >= 0.6 is 0 Å². The number of nitrogens with one attached hydrogen (secondary N) is 2. The van der Waals surface area contributed by atoms with Gasteiger partial charge in [0.2, 0.25) is 11.8 Å². The lowest BCUT2D eigenvalue weighted by atomic mass is 10.1. The van der Waals surface area contributed by atoms with Gasteiger partial charge in [-0.1, -0.05) is 24.3 Å². The predicted molar refractivity (Wildman–Crippen MR) is 120 cm³/mol. The van der Waals surface area contributed by atoms with E-state index in [0.717, 1.165) is 46.5 Å². The molecule has 1 aliphatic rings. The van der Waals surface area contributed by atoms with Gasteiger partial charge in [-0.15, -0.1) is 0 Å². The number of carbonyl (C=O) groups is 2. The van der Waals surface area contributed by atoms with Gasteiger partial charge in [0.15, 0.2) is 0 Å². The van der Waals surface area contributed by atoms with Crippen molar-refractivity contribution >= 4 is 28.5 Å². The molecule has 0 saturated carbocycles. The Bertz CT molecular complexity index is 1100. The molecule has 1 aromatic heterocycles. The van der Waals surface area contributed by atoms with Crippen LogP contribution in [0.1, 0.15) is 29.8 Å². The number of nitrogens with zero attached hydrogens (tertiary/aromatic N) is 2. The number of aromatic nitrogens is 2. The van der Waals surface area contributed by atoms with Crippen LogP contribution in [-0.2, 0) is 27.3 Å². The van der Waals surface area contributed by atoms with E-state index in [1.54, 1.807) is 0 Å². The molecule has 1 atom stereocenters. The number of fused-ring (bicyclic) bond motifs is 1. The van der Waals surface area contributed by atoms with Crippen molar-refractivity contribution in [1.82, 2.24) is 14.9 Å². The first-order valence-corrected chi connectivity index (χ1v) is 10.7. The minimum Gasteiger partial charge on any atom is -0.368 e. The molecule has 2 amide bonds. The van der Waals surface area contributed by atoms with Crippen molar-refractivity contribution in [3.8, 4) is 0 Å². The quantitative estimate of drug-likeness (QED) is 0.615. The summed E-state index contributed by atoms with van der Waals surface area (Å²) in [6, 6.07) is 13.6. The van der Waals surface area contributed by atoms with Gasteiger partial charge in [0.1, 0.15) is 18.5 Å². The second-order valence-electron chi connectivity index (χ2n) is 7.94. The Morgan fingerprint density at radius 3 is 2.81 bits per heavy atom. The van der Waals surface area contributed by atoms with Crippen LogP contribution in [0.2, 0.25) is 0 Å². The Hall–Kier alpha value is -3.19. The van der Waals surface area contributed by atoms with Crippen LogP contribution in [0.3, 0.4) is 0 Å². The second kappa shape index (κ2) is 9.31. The van der Waals surface area contributed by atoms with E-state index in [9.17, 15) is 9.59 Å². The first-order chi connectivity index (χ1) is 15.0. The summed E-state index contributed by atoms with van der Waals surface area (Å²) in [5.74, 6) is 0.583. The third-order valence-electron chi connectivity index (χ3n) is 5.78. The van der Waals surface area contributed by atoms with Gasteiger partial charge in [-0.2, -0.15) is 0 Å². The van der Waals surface area contributed by atoms with Crippen LogP contribution in [0.4, 0.5) is 5.69 Å². The third kappa shape index (κ3) is 4.77. The van der Waals surface area contributed by atoms with Gasteiger partial charge in [-0.05, 0) is 56.0 Å². The molecule has 2 aromatic carbocycles. The maximum Gasteiger partial charge on any atom is 0.249 e. The summed E-state index contributed by atoms with van der Waals surface area (Å²) in [7, 11) is 0. The molecule has 0 aliphatic carbocycles. The fourth-order valence-electron chi connectivity index (χ4n) is 3.91. The van der Waals surface area contributed by atoms with Gasteiger partial charge in [-0.25, -0.2) is 4.98 Å². The van der Waals surface area contributed by atoms with E-state index in [1.165, 1.54) is 0 Å². The topological polar surface area (TPSA) is 85.2 Å². The molecule has 4 rings (SSSR count). The zero-order valence-electron chi connectivity index (χ0n) is 18.0. The van der Waals surface area contributed by atoms with E-state index in [4.69, 9.17) is 9.72 Å². The molecule has 1 aliphatic heterocycles. The zero-order valence-corrected chi connectivity index (χ0v) is 18.0. The van der Waals surface area contributed by atoms with E-state index in [0.29, 0.717) is 19.6 Å². The first-order valence-electron chi connectivity index (χ1n) is 10.7. The number of hydrogen-bond acceptors (Lipinski definition) is 4. The number of para-hydroxylation sites is 2. The largest absolute Gasteiger partial charge is 0.368 e. The summed E-state index contributed by atoms with van der Waals surface area (Å²) < 4.78 is 7.36. The van der Waals surface area contributed by atoms with Crippen LogP contribution in [0.5, 0.6) is 0 Å². The number of carbonyl (C=O) groups excluding carboxylic acids is 2. The van der Waals surface area contributed by atoms with E-state index in [1.807, 2.05) is 60.9 Å². The summed E-state index contributed by atoms with van der Waals surface area (Å²) in [6.07, 6.45) is 1.87. The van der Waals surface area contributed by atoms with Gasteiger partial charge in [0.05, 0.1) is 11.0 Å². The summed E-state index contributed by atoms with van der Waals surface area (Å²) in [5, 5.41) is 5.95. The van der Waals surface area contributed by atoms with Gasteiger partial charge in [0, 0.05) is 25.3 Å². The summed E-state index contributed by atoms with van der Waals surface area (Å²) in [5.41, 5.74) is 4.75. The molecule has 7 heteroatoms. The third-order valence-corrected chi connectivity index (χ3v) is 5.78. The van der Waals surface area contributed by atoms with Crippen molar-refractivity contribution in [3.05, 3.63) is 59.4 Å². The molecule has 0 bridgehead atoms. The van der Waals surface area contributed by atoms with Crippen LogP contribution in [0, 0.1) is 13.8 Å². The Morgan fingerprint density at radius 1 is 1.16 bits per heavy atom. The second-order valence-corrected chi connectivity index (χ2v) is 7.94. The molecule has 1 fully saturated rings. The van der Waals surface area contributed by atoms with E-state index >= 15 is 0 Å². The lowest BCUT2D eigenvalue weighted by Gasteiger charge is -2.13. The predicted octanol–water partition coefficient (Wildman–Crippen LogP) is 3.13. The standard InChI is InChI=1S/C24H28N4O3/c1-16-7-5-9-18(17(16)2)27-23(29)15-28-20-10-4-3-8-19(20)26-22(28)12-13-25-24(30)21-11-6-14-31-21/h3-5,7-10,21H,6,11-15H2,1-2H3,(H,25,30)(H,27,29). The van der Waals surface area contributed by atoms with Gasteiger partial charge < -0.3 is 19.9 Å². The fraction of sp³-hybridized carbons (Fsp3) is 0.375. The minimum absolute atomic E-state index is 0.0761. The lowest BCUT2D eigenvalue weighted by Crippen LogP contribution is -2.35. The number of imidazole rings is 1. The molecule has 2 heterocycles. The first kappa shape index (κ1) is 21.1. The SMILES string of the molecule is Cc1cccc(NC(=O)Cn2c(CCNC(=O)C3CCCO3)nc3ccccc32)c1C. The number of aryl methyl sites for hydroxylation is 1. The summed E-state index contributed by atoms with van der Waals surface area (Å²) in [6.45, 7) is 5.27. The summed E-state index contributed by atoms with van der Waals surface area (Å²) >= 11 is 0. The number of hydrogen-bond donors (Lipinski definition) is 2. The highest BCUT2D eigenvalue weighted by molar-refractivity contribution is 5.92. The molecule has 1 unspecified atom stereocenters. The molecule has 31 heavy (non-hydrogen) atoms. The molecule has 3 aromatic rings. The highest BCUT2D eigenvalue weighted by Crippen LogP contribution is 2.20. The Balaban J connectivity index is 1.47. The van der Waals surface area contributed by atoms with E-state index in [-0.39, 0.29) is 24.5 Å². The van der Waals surface area contributed by atoms with Crippen LogP contribution in [0.25, 0.3) is 11.0 Å². The maximum absolute atomic E-state index is 12.8. The fourth-order valence-corrected chi connectivity index (χ4v) is 3.91. The van der Waals surface area contributed by atoms with Crippen molar-refractivity contribution in [3.63, 3.8) is 0 Å². The summed E-state index contributed by atoms with van der Waals surface area (Å²) in [4.78, 5) is 29.8.